The number of phenolic OH excluding ortho intramolecular Hbond substituents is 1. The molecule has 6 nitrogen and oxygen atoms in total. The van der Waals surface area contributed by atoms with Crippen molar-refractivity contribution in [1.29, 1.82) is 0 Å². The van der Waals surface area contributed by atoms with Gasteiger partial charge in [-0.25, -0.2) is 9.37 Å². The van der Waals surface area contributed by atoms with E-state index >= 15 is 0 Å². The minimum absolute atomic E-state index is 0.0848. The van der Waals surface area contributed by atoms with Crippen molar-refractivity contribution < 1.29 is 28.2 Å². The molecule has 2 aromatic carbocycles. The normalized spacial score (nSPS) is 10.2. The summed E-state index contributed by atoms with van der Waals surface area (Å²) in [5.74, 6) is 0.334. The zero-order chi connectivity index (χ0) is 22.1. The van der Waals surface area contributed by atoms with Crippen LogP contribution in [0.4, 0.5) is 4.39 Å². The molecule has 0 bridgehead atoms. The zero-order valence-electron chi connectivity index (χ0n) is 17.6. The van der Waals surface area contributed by atoms with Gasteiger partial charge in [-0.1, -0.05) is 13.8 Å². The molecule has 0 saturated carbocycles. The maximum Gasteiger partial charge on any atom is 0.226 e. The summed E-state index contributed by atoms with van der Waals surface area (Å²) in [6.45, 7) is 6.38. The van der Waals surface area contributed by atoms with Gasteiger partial charge in [0.25, 0.3) is 0 Å². The summed E-state index contributed by atoms with van der Waals surface area (Å²) >= 11 is 0. The third-order valence-electron chi connectivity index (χ3n) is 4.13. The molecule has 1 heterocycles. The first-order valence-corrected chi connectivity index (χ1v) is 9.79. The number of carbonyl (C=O) groups excluding carboxylic acids is 1. The van der Waals surface area contributed by atoms with E-state index in [1.807, 2.05) is 20.8 Å². The van der Waals surface area contributed by atoms with Gasteiger partial charge in [-0.2, -0.15) is 0 Å². The number of phenols is 1. The van der Waals surface area contributed by atoms with Crippen LogP contribution in [0.3, 0.4) is 0 Å². The van der Waals surface area contributed by atoms with Crippen molar-refractivity contribution in [3.8, 4) is 28.7 Å². The highest BCUT2D eigenvalue weighted by Gasteiger charge is 2.15. The van der Waals surface area contributed by atoms with Crippen LogP contribution in [0.5, 0.6) is 17.2 Å². The number of hydrogen-bond donors (Lipinski definition) is 1. The maximum absolute atomic E-state index is 13.0. The highest BCUT2D eigenvalue weighted by molar-refractivity contribution is 5.98. The number of aromatic hydroxyl groups is 1. The molecule has 0 aliphatic rings. The summed E-state index contributed by atoms with van der Waals surface area (Å²) in [6.07, 6.45) is 1.92. The number of nitrogens with zero attached hydrogens (tertiary/aromatic N) is 1. The highest BCUT2D eigenvalue weighted by Crippen LogP contribution is 2.32. The fourth-order valence-corrected chi connectivity index (χ4v) is 2.75. The lowest BCUT2D eigenvalue weighted by Gasteiger charge is -2.09. The lowest BCUT2D eigenvalue weighted by Crippen LogP contribution is -2.02. The number of aromatic nitrogens is 1. The summed E-state index contributed by atoms with van der Waals surface area (Å²) in [6, 6.07) is 8.68. The molecule has 0 unspecified atom stereocenters. The van der Waals surface area contributed by atoms with Crippen molar-refractivity contribution in [3.05, 3.63) is 59.7 Å². The number of rotatable bonds is 8. The fraction of sp³-hybridized carbons (Fsp3) is 0.304. The van der Waals surface area contributed by atoms with Crippen LogP contribution in [0.15, 0.2) is 47.1 Å². The van der Waals surface area contributed by atoms with E-state index in [4.69, 9.17) is 13.9 Å². The average molecular weight is 415 g/mol. The molecule has 30 heavy (non-hydrogen) atoms. The second-order valence-electron chi connectivity index (χ2n) is 6.03. The van der Waals surface area contributed by atoms with E-state index in [-0.39, 0.29) is 23.5 Å². The molecule has 0 fully saturated rings. The Hall–Kier alpha value is -3.35. The highest BCUT2D eigenvalue weighted by atomic mass is 19.1. The third kappa shape index (κ3) is 5.59. The van der Waals surface area contributed by atoms with Gasteiger partial charge in [-0.15, -0.1) is 0 Å². The molecule has 0 aliphatic heterocycles. The minimum atomic E-state index is -0.596. The molecule has 7 heteroatoms. The number of oxazole rings is 1. The van der Waals surface area contributed by atoms with Crippen molar-refractivity contribution in [2.45, 2.75) is 33.6 Å². The standard InChI is InChI=1S/C21H20FNO5.C2H6/c1-3-27-20-10-13(4-9-19(20)26-2)21-23-15(12-28-21)6-8-17(24)16-7-5-14(22)11-18(16)25;1-2/h4-5,7,9-12,25H,3,6,8H2,1-2H3;1-2H3. The first kappa shape index (κ1) is 22.9. The van der Waals surface area contributed by atoms with Gasteiger partial charge in [0.1, 0.15) is 17.8 Å². The number of methoxy groups -OCH3 is 1. The van der Waals surface area contributed by atoms with Gasteiger partial charge in [0.15, 0.2) is 17.3 Å². The smallest absolute Gasteiger partial charge is 0.226 e. The van der Waals surface area contributed by atoms with Crippen LogP contribution in [-0.4, -0.2) is 29.6 Å². The first-order chi connectivity index (χ1) is 14.5. The first-order valence-electron chi connectivity index (χ1n) is 9.79. The second kappa shape index (κ2) is 11.0. The Morgan fingerprint density at radius 2 is 1.93 bits per heavy atom. The summed E-state index contributed by atoms with van der Waals surface area (Å²) in [5, 5.41) is 9.71. The molecule has 0 aliphatic carbocycles. The van der Waals surface area contributed by atoms with E-state index in [0.717, 1.165) is 17.7 Å². The predicted octanol–water partition coefficient (Wildman–Crippen LogP) is 5.44. The summed E-state index contributed by atoms with van der Waals surface area (Å²) in [7, 11) is 1.57. The fourth-order valence-electron chi connectivity index (χ4n) is 2.75. The number of ether oxygens (including phenoxy) is 2. The van der Waals surface area contributed by atoms with E-state index in [0.29, 0.717) is 36.1 Å². The van der Waals surface area contributed by atoms with Crippen molar-refractivity contribution in [1.82, 2.24) is 4.98 Å². The molecule has 1 N–H and O–H groups in total. The predicted molar refractivity (Wildman–Crippen MR) is 112 cm³/mol. The summed E-state index contributed by atoms with van der Waals surface area (Å²) < 4.78 is 29.4. The molecule has 3 rings (SSSR count). The van der Waals surface area contributed by atoms with Crippen LogP contribution in [0.2, 0.25) is 0 Å². The Balaban J connectivity index is 0.00000155. The molecular weight excluding hydrogens is 389 g/mol. The minimum Gasteiger partial charge on any atom is -0.507 e. The number of hydrogen-bond acceptors (Lipinski definition) is 6. The van der Waals surface area contributed by atoms with Gasteiger partial charge in [-0.05, 0) is 37.3 Å². The molecule has 1 aromatic heterocycles. The Labute approximate surface area is 175 Å². The quantitative estimate of drug-likeness (QED) is 0.494. The van der Waals surface area contributed by atoms with Crippen LogP contribution in [0.1, 0.15) is 43.2 Å². The summed E-state index contributed by atoms with van der Waals surface area (Å²) in [5.41, 5.74) is 1.40. The topological polar surface area (TPSA) is 81.8 Å². The van der Waals surface area contributed by atoms with Crippen molar-refractivity contribution in [2.75, 3.05) is 13.7 Å². The molecule has 0 atom stereocenters. The Morgan fingerprint density at radius 1 is 1.17 bits per heavy atom. The van der Waals surface area contributed by atoms with Crippen molar-refractivity contribution in [3.63, 3.8) is 0 Å². The van der Waals surface area contributed by atoms with Gasteiger partial charge < -0.3 is 19.0 Å². The monoisotopic (exact) mass is 415 g/mol. The molecule has 0 radical (unpaired) electrons. The molecular formula is C23H26FNO5. The number of halogens is 1. The number of ketones is 1. The van der Waals surface area contributed by atoms with Gasteiger partial charge in [0.05, 0.1) is 25.0 Å². The number of carbonyl (C=O) groups is 1. The zero-order valence-corrected chi connectivity index (χ0v) is 17.6. The van der Waals surface area contributed by atoms with Crippen LogP contribution in [-0.2, 0) is 6.42 Å². The van der Waals surface area contributed by atoms with Crippen LogP contribution in [0.25, 0.3) is 11.5 Å². The Bertz CT molecular complexity index is 983. The van der Waals surface area contributed by atoms with Crippen molar-refractivity contribution >= 4 is 5.78 Å². The number of Topliss-reactive ketones (excluding diaryl/α,β-unsaturated/α-hetero) is 1. The molecule has 0 saturated heterocycles. The van der Waals surface area contributed by atoms with Gasteiger partial charge in [0.2, 0.25) is 5.89 Å². The Morgan fingerprint density at radius 3 is 2.60 bits per heavy atom. The van der Waals surface area contributed by atoms with E-state index in [1.165, 1.54) is 12.3 Å². The van der Waals surface area contributed by atoms with Gasteiger partial charge in [-0.3, -0.25) is 4.79 Å². The van der Waals surface area contributed by atoms with Crippen LogP contribution in [0, 0.1) is 5.82 Å². The number of aryl methyl sites for hydroxylation is 1. The van der Waals surface area contributed by atoms with E-state index in [2.05, 4.69) is 4.98 Å². The Kier molecular flexibility index (Phi) is 8.41. The third-order valence-corrected chi connectivity index (χ3v) is 4.13. The molecule has 3 aromatic rings. The van der Waals surface area contributed by atoms with Crippen LogP contribution < -0.4 is 9.47 Å². The molecule has 160 valence electrons. The number of benzene rings is 2. The van der Waals surface area contributed by atoms with Gasteiger partial charge in [0, 0.05) is 24.5 Å². The lowest BCUT2D eigenvalue weighted by molar-refractivity contribution is 0.0980. The maximum atomic E-state index is 13.0. The molecule has 0 spiro atoms. The van der Waals surface area contributed by atoms with E-state index < -0.39 is 5.82 Å². The van der Waals surface area contributed by atoms with Crippen LogP contribution >= 0.6 is 0 Å². The molecule has 0 amide bonds. The second-order valence-corrected chi connectivity index (χ2v) is 6.03. The SMILES string of the molecule is CC.CCOc1cc(-c2nc(CCC(=O)c3ccc(F)cc3O)co2)ccc1OC. The van der Waals surface area contributed by atoms with E-state index in [1.54, 1.807) is 25.3 Å². The average Bonchev–Trinajstić information content (AvgIpc) is 3.23. The summed E-state index contributed by atoms with van der Waals surface area (Å²) in [4.78, 5) is 16.6. The largest absolute Gasteiger partial charge is 0.507 e. The van der Waals surface area contributed by atoms with E-state index in [9.17, 15) is 14.3 Å². The lowest BCUT2D eigenvalue weighted by atomic mass is 10.0. The van der Waals surface area contributed by atoms with Gasteiger partial charge >= 0.3 is 0 Å². The van der Waals surface area contributed by atoms with Crippen molar-refractivity contribution in [2.24, 2.45) is 0 Å².